The predicted octanol–water partition coefficient (Wildman–Crippen LogP) is 0.849. The normalized spacial score (nSPS) is 12.7. The molecule has 1 unspecified atom stereocenters. The third kappa shape index (κ3) is 3.67. The Kier molecular flexibility index (Phi) is 4.36. The van der Waals surface area contributed by atoms with Gasteiger partial charge in [0.2, 0.25) is 0 Å². The predicted molar refractivity (Wildman–Crippen MR) is 38.7 cm³/mol. The molecule has 0 aromatic heterocycles. The van der Waals surface area contributed by atoms with Gasteiger partial charge in [-0.15, -0.1) is 0 Å². The van der Waals surface area contributed by atoms with Gasteiger partial charge in [-0.05, 0) is 12.3 Å². The molecule has 0 heterocycles. The van der Waals surface area contributed by atoms with Gasteiger partial charge in [0.1, 0.15) is 0 Å². The lowest BCUT2D eigenvalue weighted by Crippen LogP contribution is -2.25. The Bertz CT molecular complexity index is 147. The Morgan fingerprint density at radius 1 is 1.73 bits per heavy atom. The van der Waals surface area contributed by atoms with E-state index in [2.05, 4.69) is 15.8 Å². The molecule has 0 fully saturated rings. The number of carbonyl (C=O) groups excluding carboxylic acids is 1. The van der Waals surface area contributed by atoms with Crippen LogP contribution in [-0.4, -0.2) is 12.0 Å². The minimum Gasteiger partial charge on any atom is -0.372 e. The minimum atomic E-state index is -0.736. The second-order valence-corrected chi connectivity index (χ2v) is 2.71. The summed E-state index contributed by atoms with van der Waals surface area (Å²) in [5.41, 5.74) is 6.66. The van der Waals surface area contributed by atoms with Crippen molar-refractivity contribution >= 4 is 5.97 Å². The van der Waals surface area contributed by atoms with E-state index in [1.165, 1.54) is 0 Å². The van der Waals surface area contributed by atoms with Gasteiger partial charge in [-0.3, -0.25) is 0 Å². The molecule has 0 amide bonds. The molecule has 0 saturated heterocycles. The number of nitrogens with one attached hydrogen (secondary N) is 1. The van der Waals surface area contributed by atoms with E-state index in [4.69, 9.17) is 5.53 Å². The van der Waals surface area contributed by atoms with Crippen LogP contribution in [0, 0.1) is 11.4 Å². The van der Waals surface area contributed by atoms with Crippen LogP contribution in [0.5, 0.6) is 0 Å². The van der Waals surface area contributed by atoms with Crippen molar-refractivity contribution in [3.05, 3.63) is 0 Å². The van der Waals surface area contributed by atoms with E-state index in [0.717, 1.165) is 0 Å². The van der Waals surface area contributed by atoms with Crippen LogP contribution in [0.15, 0.2) is 5.11 Å². The lowest BCUT2D eigenvalue weighted by molar-refractivity contribution is -0.146. The van der Waals surface area contributed by atoms with Crippen molar-refractivity contribution in [3.63, 3.8) is 0 Å². The highest BCUT2D eigenvalue weighted by molar-refractivity contribution is 5.75. The van der Waals surface area contributed by atoms with Crippen LogP contribution in [0.4, 0.5) is 0 Å². The smallest absolute Gasteiger partial charge is 0.351 e. The van der Waals surface area contributed by atoms with E-state index in [1.54, 1.807) is 0 Å². The number of nitrogens with zero attached hydrogens (tertiary/aromatic N) is 1. The average Bonchev–Trinajstić information content (AvgIpc) is 1.98. The van der Waals surface area contributed by atoms with Crippen molar-refractivity contribution in [2.24, 2.45) is 16.9 Å². The first-order valence-corrected chi connectivity index (χ1v) is 3.39. The maximum atomic E-state index is 10.7. The molecule has 0 aliphatic heterocycles. The molecule has 0 radical (unpaired) electrons. The summed E-state index contributed by atoms with van der Waals surface area (Å²) in [5, 5.41) is 3.09. The van der Waals surface area contributed by atoms with Gasteiger partial charge in [0.15, 0.2) is 6.04 Å². The van der Waals surface area contributed by atoms with Gasteiger partial charge < -0.3 is 4.84 Å². The molecule has 0 aromatic carbocycles. The maximum absolute atomic E-state index is 10.7. The van der Waals surface area contributed by atoms with Crippen LogP contribution in [0.2, 0.25) is 0 Å². The average molecular weight is 159 g/mol. The SMILES string of the molecule is CC(C)CC(N=N)C(=O)ON. The first kappa shape index (κ1) is 10.0. The third-order valence-corrected chi connectivity index (χ3v) is 1.24. The Balaban J connectivity index is 3.95. The highest BCUT2D eigenvalue weighted by Crippen LogP contribution is 2.08. The van der Waals surface area contributed by atoms with Crippen molar-refractivity contribution < 1.29 is 9.63 Å². The molecule has 64 valence electrons. The first-order valence-electron chi connectivity index (χ1n) is 3.39. The van der Waals surface area contributed by atoms with E-state index < -0.39 is 12.0 Å². The Morgan fingerprint density at radius 3 is 2.55 bits per heavy atom. The van der Waals surface area contributed by atoms with Gasteiger partial charge in [-0.2, -0.15) is 11.0 Å². The molecular formula is C6H13N3O2. The summed E-state index contributed by atoms with van der Waals surface area (Å²) in [4.78, 5) is 14.7. The zero-order chi connectivity index (χ0) is 8.85. The molecule has 0 aliphatic rings. The van der Waals surface area contributed by atoms with Crippen LogP contribution in [0.25, 0.3) is 0 Å². The molecule has 0 spiro atoms. The first-order chi connectivity index (χ1) is 5.11. The summed E-state index contributed by atoms with van der Waals surface area (Å²) in [6.45, 7) is 3.87. The van der Waals surface area contributed by atoms with Gasteiger partial charge in [-0.1, -0.05) is 13.8 Å². The van der Waals surface area contributed by atoms with Gasteiger partial charge in [0, 0.05) is 0 Å². The molecule has 3 N–H and O–H groups in total. The summed E-state index contributed by atoms with van der Waals surface area (Å²) in [7, 11) is 0. The summed E-state index contributed by atoms with van der Waals surface area (Å²) in [6, 6.07) is -0.736. The number of nitrogens with two attached hydrogens (primary N) is 1. The largest absolute Gasteiger partial charge is 0.372 e. The second kappa shape index (κ2) is 4.79. The Hall–Kier alpha value is -0.970. The van der Waals surface area contributed by atoms with Gasteiger partial charge in [0.25, 0.3) is 0 Å². The van der Waals surface area contributed by atoms with Crippen molar-refractivity contribution in [1.29, 1.82) is 5.53 Å². The zero-order valence-corrected chi connectivity index (χ0v) is 6.70. The van der Waals surface area contributed by atoms with Crippen LogP contribution in [0.1, 0.15) is 20.3 Å². The van der Waals surface area contributed by atoms with Crippen molar-refractivity contribution in [3.8, 4) is 0 Å². The van der Waals surface area contributed by atoms with Gasteiger partial charge >= 0.3 is 5.97 Å². The molecule has 5 heteroatoms. The molecule has 0 rings (SSSR count). The van der Waals surface area contributed by atoms with Crippen LogP contribution in [0.3, 0.4) is 0 Å². The maximum Gasteiger partial charge on any atom is 0.351 e. The van der Waals surface area contributed by atoms with Gasteiger partial charge in [-0.25, -0.2) is 10.3 Å². The summed E-state index contributed by atoms with van der Waals surface area (Å²) >= 11 is 0. The summed E-state index contributed by atoms with van der Waals surface area (Å²) in [6.07, 6.45) is 0.500. The summed E-state index contributed by atoms with van der Waals surface area (Å²) in [5.74, 6) is 4.29. The fourth-order valence-corrected chi connectivity index (χ4v) is 0.727. The lowest BCUT2D eigenvalue weighted by Gasteiger charge is -2.09. The number of hydrogen-bond donors (Lipinski definition) is 2. The van der Waals surface area contributed by atoms with Crippen molar-refractivity contribution in [1.82, 2.24) is 0 Å². The fraction of sp³-hybridized carbons (Fsp3) is 0.833. The topological polar surface area (TPSA) is 88.5 Å². The fourth-order valence-electron chi connectivity index (χ4n) is 0.727. The monoisotopic (exact) mass is 159 g/mol. The highest BCUT2D eigenvalue weighted by Gasteiger charge is 2.19. The Labute approximate surface area is 65.4 Å². The van der Waals surface area contributed by atoms with E-state index in [9.17, 15) is 4.79 Å². The van der Waals surface area contributed by atoms with E-state index in [1.807, 2.05) is 13.8 Å². The van der Waals surface area contributed by atoms with Crippen LogP contribution >= 0.6 is 0 Å². The summed E-state index contributed by atoms with van der Waals surface area (Å²) < 4.78 is 0. The van der Waals surface area contributed by atoms with Crippen LogP contribution < -0.4 is 5.90 Å². The van der Waals surface area contributed by atoms with Gasteiger partial charge in [0.05, 0.1) is 0 Å². The number of rotatable bonds is 4. The van der Waals surface area contributed by atoms with Crippen molar-refractivity contribution in [2.75, 3.05) is 0 Å². The lowest BCUT2D eigenvalue weighted by atomic mass is 10.1. The quantitative estimate of drug-likeness (QED) is 0.470. The highest BCUT2D eigenvalue weighted by atomic mass is 16.7. The molecular weight excluding hydrogens is 146 g/mol. The second-order valence-electron chi connectivity index (χ2n) is 2.71. The van der Waals surface area contributed by atoms with Crippen LogP contribution in [-0.2, 0) is 9.63 Å². The number of carbonyl (C=O) groups is 1. The third-order valence-electron chi connectivity index (χ3n) is 1.24. The van der Waals surface area contributed by atoms with Crippen molar-refractivity contribution in [2.45, 2.75) is 26.3 Å². The molecule has 0 aliphatic carbocycles. The molecule has 0 aromatic rings. The molecule has 11 heavy (non-hydrogen) atoms. The molecule has 0 saturated carbocycles. The Morgan fingerprint density at radius 2 is 2.27 bits per heavy atom. The van der Waals surface area contributed by atoms with E-state index in [-0.39, 0.29) is 0 Å². The molecule has 0 bridgehead atoms. The zero-order valence-electron chi connectivity index (χ0n) is 6.70. The number of hydrogen-bond acceptors (Lipinski definition) is 5. The van der Waals surface area contributed by atoms with E-state index >= 15 is 0 Å². The minimum absolute atomic E-state index is 0.299. The van der Waals surface area contributed by atoms with E-state index in [0.29, 0.717) is 12.3 Å². The standard InChI is InChI=1S/C6H13N3O2/c1-4(2)3-5(9-7)6(10)11-8/h4-5,7H,3,8H2,1-2H3. The molecule has 1 atom stereocenters. The molecule has 5 nitrogen and oxygen atoms in total.